The molecule has 0 aromatic heterocycles. The van der Waals surface area contributed by atoms with E-state index in [1.165, 1.54) is 0 Å². The summed E-state index contributed by atoms with van der Waals surface area (Å²) >= 11 is 2.23. The van der Waals surface area contributed by atoms with E-state index in [2.05, 4.69) is 27.9 Å². The monoisotopic (exact) mass is 433 g/mol. The van der Waals surface area contributed by atoms with Crippen LogP contribution in [0.15, 0.2) is 30.3 Å². The standard InChI is InChI=1S/C17H24INO4/c1-17(2,3)23-15(20)14(10-7-11-18)19-16(21)22-12-13-8-5-4-6-9-13/h4-6,8-9,14H,7,10-12H2,1-3H3,(H,19,21)/t14-/m0/s1. The molecule has 0 spiro atoms. The second kappa shape index (κ2) is 9.75. The highest BCUT2D eigenvalue weighted by atomic mass is 127. The van der Waals surface area contributed by atoms with Gasteiger partial charge in [-0.2, -0.15) is 0 Å². The van der Waals surface area contributed by atoms with Crippen LogP contribution in [0, 0.1) is 0 Å². The topological polar surface area (TPSA) is 64.6 Å². The number of carbonyl (C=O) groups is 2. The lowest BCUT2D eigenvalue weighted by atomic mass is 10.1. The van der Waals surface area contributed by atoms with E-state index >= 15 is 0 Å². The van der Waals surface area contributed by atoms with Crippen molar-refractivity contribution in [2.45, 2.75) is 51.9 Å². The molecule has 0 radical (unpaired) electrons. The highest BCUT2D eigenvalue weighted by Crippen LogP contribution is 2.12. The number of esters is 1. The number of hydrogen-bond acceptors (Lipinski definition) is 4. The van der Waals surface area contributed by atoms with Crippen LogP contribution in [0.5, 0.6) is 0 Å². The molecule has 1 N–H and O–H groups in total. The van der Waals surface area contributed by atoms with Crippen molar-refractivity contribution < 1.29 is 19.1 Å². The average Bonchev–Trinajstić information content (AvgIpc) is 2.48. The van der Waals surface area contributed by atoms with Crippen molar-refractivity contribution in [1.82, 2.24) is 5.32 Å². The summed E-state index contributed by atoms with van der Waals surface area (Å²) in [7, 11) is 0. The minimum Gasteiger partial charge on any atom is -0.458 e. The Kier molecular flexibility index (Phi) is 8.36. The summed E-state index contributed by atoms with van der Waals surface area (Å²) in [5.41, 5.74) is 0.304. The molecule has 0 saturated heterocycles. The van der Waals surface area contributed by atoms with Crippen LogP contribution < -0.4 is 5.32 Å². The molecule has 0 bridgehead atoms. The van der Waals surface area contributed by atoms with Crippen molar-refractivity contribution in [3.8, 4) is 0 Å². The van der Waals surface area contributed by atoms with Crippen LogP contribution in [0.1, 0.15) is 39.2 Å². The first-order valence-electron chi connectivity index (χ1n) is 7.58. The number of benzene rings is 1. The highest BCUT2D eigenvalue weighted by Gasteiger charge is 2.26. The van der Waals surface area contributed by atoms with Gasteiger partial charge in [-0.1, -0.05) is 52.9 Å². The molecule has 0 aliphatic rings. The molecule has 6 heteroatoms. The van der Waals surface area contributed by atoms with Crippen molar-refractivity contribution >= 4 is 34.7 Å². The molecule has 0 fully saturated rings. The number of alkyl halides is 1. The Bertz CT molecular complexity index is 499. The number of rotatable bonds is 7. The zero-order valence-corrected chi connectivity index (χ0v) is 16.0. The summed E-state index contributed by atoms with van der Waals surface area (Å²) in [5.74, 6) is -0.431. The number of carbonyl (C=O) groups excluding carboxylic acids is 2. The Balaban J connectivity index is 2.54. The summed E-state index contributed by atoms with van der Waals surface area (Å²) in [4.78, 5) is 24.1. The van der Waals surface area contributed by atoms with E-state index < -0.39 is 23.7 Å². The van der Waals surface area contributed by atoms with Gasteiger partial charge in [-0.05, 0) is 43.6 Å². The Hall–Kier alpha value is -1.31. The van der Waals surface area contributed by atoms with Gasteiger partial charge in [0.2, 0.25) is 0 Å². The molecule has 1 aromatic carbocycles. The zero-order chi connectivity index (χ0) is 17.3. The largest absolute Gasteiger partial charge is 0.458 e. The second-order valence-corrected chi connectivity index (χ2v) is 7.20. The molecule has 0 saturated carbocycles. The summed E-state index contributed by atoms with van der Waals surface area (Å²) < 4.78 is 11.4. The number of hydrogen-bond donors (Lipinski definition) is 1. The lowest BCUT2D eigenvalue weighted by Gasteiger charge is -2.24. The molecule has 0 unspecified atom stereocenters. The fraction of sp³-hybridized carbons (Fsp3) is 0.529. The number of nitrogens with one attached hydrogen (secondary N) is 1. The van der Waals surface area contributed by atoms with Gasteiger partial charge in [0.1, 0.15) is 18.2 Å². The molecule has 0 aliphatic carbocycles. The minimum absolute atomic E-state index is 0.167. The van der Waals surface area contributed by atoms with Gasteiger partial charge in [-0.25, -0.2) is 9.59 Å². The molecule has 0 heterocycles. The van der Waals surface area contributed by atoms with Gasteiger partial charge >= 0.3 is 12.1 Å². The van der Waals surface area contributed by atoms with Crippen LogP contribution >= 0.6 is 22.6 Å². The third-order valence-electron chi connectivity index (χ3n) is 2.82. The van der Waals surface area contributed by atoms with E-state index in [1.807, 2.05) is 30.3 Å². The maximum absolute atomic E-state index is 12.2. The molecular formula is C17H24INO4. The summed E-state index contributed by atoms with van der Waals surface area (Å²) in [5, 5.41) is 2.61. The SMILES string of the molecule is CC(C)(C)OC(=O)[C@H](CCCI)NC(=O)OCc1ccccc1. The fourth-order valence-electron chi connectivity index (χ4n) is 1.81. The van der Waals surface area contributed by atoms with Crippen LogP contribution in [-0.2, 0) is 20.9 Å². The molecule has 1 atom stereocenters. The summed E-state index contributed by atoms with van der Waals surface area (Å²) in [6.45, 7) is 5.57. The van der Waals surface area contributed by atoms with Gasteiger partial charge in [0.25, 0.3) is 0 Å². The fourth-order valence-corrected chi connectivity index (χ4v) is 2.25. The number of ether oxygens (including phenoxy) is 2. The Morgan fingerprint density at radius 2 is 1.87 bits per heavy atom. The van der Waals surface area contributed by atoms with Crippen molar-refractivity contribution in [2.75, 3.05) is 4.43 Å². The van der Waals surface area contributed by atoms with Crippen LogP contribution in [0.4, 0.5) is 4.79 Å². The molecule has 5 nitrogen and oxygen atoms in total. The smallest absolute Gasteiger partial charge is 0.408 e. The third-order valence-corrected chi connectivity index (χ3v) is 3.59. The molecule has 128 valence electrons. The highest BCUT2D eigenvalue weighted by molar-refractivity contribution is 14.1. The molecular weight excluding hydrogens is 409 g/mol. The van der Waals surface area contributed by atoms with E-state index in [9.17, 15) is 9.59 Å². The van der Waals surface area contributed by atoms with Crippen LogP contribution in [-0.4, -0.2) is 28.1 Å². The maximum Gasteiger partial charge on any atom is 0.408 e. The number of amides is 1. The van der Waals surface area contributed by atoms with Crippen LogP contribution in [0.2, 0.25) is 0 Å². The van der Waals surface area contributed by atoms with E-state index in [1.54, 1.807) is 20.8 Å². The lowest BCUT2D eigenvalue weighted by molar-refractivity contribution is -0.157. The van der Waals surface area contributed by atoms with Crippen LogP contribution in [0.3, 0.4) is 0 Å². The quantitative estimate of drug-likeness (QED) is 0.403. The van der Waals surface area contributed by atoms with Crippen molar-refractivity contribution in [2.24, 2.45) is 0 Å². The first-order chi connectivity index (χ1) is 10.8. The second-order valence-electron chi connectivity index (χ2n) is 6.12. The number of halogens is 1. The van der Waals surface area contributed by atoms with Gasteiger partial charge in [-0.3, -0.25) is 0 Å². The molecule has 1 aromatic rings. The van der Waals surface area contributed by atoms with Crippen molar-refractivity contribution in [3.63, 3.8) is 0 Å². The first-order valence-corrected chi connectivity index (χ1v) is 9.10. The Morgan fingerprint density at radius 1 is 1.22 bits per heavy atom. The predicted molar refractivity (Wildman–Crippen MR) is 97.5 cm³/mol. The van der Waals surface area contributed by atoms with Crippen molar-refractivity contribution in [3.05, 3.63) is 35.9 Å². The van der Waals surface area contributed by atoms with Gasteiger partial charge in [0, 0.05) is 0 Å². The average molecular weight is 433 g/mol. The number of alkyl carbamates (subject to hydrolysis) is 1. The molecule has 0 aliphatic heterocycles. The van der Waals surface area contributed by atoms with Crippen LogP contribution in [0.25, 0.3) is 0 Å². The summed E-state index contributed by atoms with van der Waals surface area (Å²) in [6.07, 6.45) is 0.722. The van der Waals surface area contributed by atoms with E-state index in [4.69, 9.17) is 9.47 Å². The maximum atomic E-state index is 12.2. The first kappa shape index (κ1) is 19.7. The molecule has 1 amide bonds. The van der Waals surface area contributed by atoms with Gasteiger partial charge in [0.15, 0.2) is 0 Å². The molecule has 23 heavy (non-hydrogen) atoms. The van der Waals surface area contributed by atoms with Crippen molar-refractivity contribution in [1.29, 1.82) is 0 Å². The Labute approximate surface area is 151 Å². The van der Waals surface area contributed by atoms with Gasteiger partial charge < -0.3 is 14.8 Å². The van der Waals surface area contributed by atoms with E-state index in [-0.39, 0.29) is 6.61 Å². The van der Waals surface area contributed by atoms with Gasteiger partial charge in [0.05, 0.1) is 0 Å². The molecule has 1 rings (SSSR count). The minimum atomic E-state index is -0.688. The Morgan fingerprint density at radius 3 is 2.43 bits per heavy atom. The van der Waals surface area contributed by atoms with E-state index in [0.29, 0.717) is 6.42 Å². The predicted octanol–water partition coefficient (Wildman–Crippen LogP) is 3.84. The third kappa shape index (κ3) is 8.78. The van der Waals surface area contributed by atoms with Gasteiger partial charge in [-0.15, -0.1) is 0 Å². The zero-order valence-electron chi connectivity index (χ0n) is 13.8. The normalized spacial score (nSPS) is 12.3. The lowest BCUT2D eigenvalue weighted by Crippen LogP contribution is -2.44. The van der Waals surface area contributed by atoms with E-state index in [0.717, 1.165) is 16.4 Å². The summed E-state index contributed by atoms with van der Waals surface area (Å²) in [6, 6.07) is 8.70.